The number of nitrogens with one attached hydrogen (secondary N) is 1. The highest BCUT2D eigenvalue weighted by molar-refractivity contribution is 5.74. The van der Waals surface area contributed by atoms with Crippen LogP contribution in [0.2, 0.25) is 0 Å². The number of piperazine rings is 1. The van der Waals surface area contributed by atoms with Gasteiger partial charge in [-0.3, -0.25) is 4.90 Å². The number of carbonyl (C=O) groups excluding carboxylic acids is 1. The van der Waals surface area contributed by atoms with E-state index in [-0.39, 0.29) is 12.6 Å². The summed E-state index contributed by atoms with van der Waals surface area (Å²) < 4.78 is 5.36. The van der Waals surface area contributed by atoms with Gasteiger partial charge in [0, 0.05) is 31.7 Å². The normalized spacial score (nSPS) is 15.0. The highest BCUT2D eigenvalue weighted by Gasteiger charge is 2.22. The second-order valence-corrected chi connectivity index (χ2v) is 6.00. The zero-order valence-corrected chi connectivity index (χ0v) is 14.2. The average molecular weight is 339 g/mol. The van der Waals surface area contributed by atoms with Gasteiger partial charge < -0.3 is 14.7 Å². The predicted octanol–water partition coefficient (Wildman–Crippen LogP) is 1.51. The first-order valence-electron chi connectivity index (χ1n) is 8.24. The summed E-state index contributed by atoms with van der Waals surface area (Å²) in [7, 11) is 0. The number of rotatable bonds is 4. The van der Waals surface area contributed by atoms with Crippen LogP contribution in [-0.4, -0.2) is 58.7 Å². The van der Waals surface area contributed by atoms with Crippen molar-refractivity contribution >= 4 is 6.03 Å². The van der Waals surface area contributed by atoms with Crippen LogP contribution in [0, 0.1) is 19.3 Å². The van der Waals surface area contributed by atoms with Crippen molar-refractivity contribution in [1.29, 1.82) is 0 Å². The molecule has 0 saturated carbocycles. The van der Waals surface area contributed by atoms with Crippen molar-refractivity contribution in [2.75, 3.05) is 32.7 Å². The zero-order valence-electron chi connectivity index (χ0n) is 14.2. The van der Waals surface area contributed by atoms with Crippen molar-refractivity contribution in [3.63, 3.8) is 0 Å². The molecule has 1 aromatic heterocycles. The molecule has 1 fully saturated rings. The van der Waals surface area contributed by atoms with Crippen molar-refractivity contribution in [1.82, 2.24) is 25.3 Å². The van der Waals surface area contributed by atoms with Gasteiger partial charge >= 0.3 is 6.03 Å². The molecule has 25 heavy (non-hydrogen) atoms. The molecule has 3 rings (SSSR count). The molecule has 1 aliphatic heterocycles. The quantitative estimate of drug-likeness (QED) is 0.855. The Labute approximate surface area is 147 Å². The Kier molecular flexibility index (Phi) is 5.31. The van der Waals surface area contributed by atoms with Gasteiger partial charge in [0.05, 0.1) is 13.1 Å². The SMILES string of the molecule is C#CCNC(=O)N1CCN(Cc2nc(-c3ccc(C)cc3)no2)CC1. The number of amides is 2. The maximum Gasteiger partial charge on any atom is 0.318 e. The molecule has 0 radical (unpaired) electrons. The molecule has 7 heteroatoms. The molecule has 0 unspecified atom stereocenters. The van der Waals surface area contributed by atoms with Crippen molar-refractivity contribution in [3.05, 3.63) is 35.7 Å². The Morgan fingerprint density at radius 3 is 2.68 bits per heavy atom. The van der Waals surface area contributed by atoms with E-state index in [1.54, 1.807) is 4.90 Å². The second-order valence-electron chi connectivity index (χ2n) is 6.00. The Morgan fingerprint density at radius 1 is 1.28 bits per heavy atom. The molecule has 2 heterocycles. The minimum absolute atomic E-state index is 0.114. The van der Waals surface area contributed by atoms with Crippen LogP contribution in [0.3, 0.4) is 0 Å². The summed E-state index contributed by atoms with van der Waals surface area (Å²) in [5, 5.41) is 6.74. The molecule has 1 saturated heterocycles. The molecule has 0 aliphatic carbocycles. The molecule has 2 amide bonds. The highest BCUT2D eigenvalue weighted by atomic mass is 16.5. The van der Waals surface area contributed by atoms with Gasteiger partial charge in [0.15, 0.2) is 0 Å². The lowest BCUT2D eigenvalue weighted by Crippen LogP contribution is -2.51. The summed E-state index contributed by atoms with van der Waals surface area (Å²) >= 11 is 0. The van der Waals surface area contributed by atoms with E-state index in [9.17, 15) is 4.79 Å². The van der Waals surface area contributed by atoms with E-state index in [1.165, 1.54) is 5.56 Å². The van der Waals surface area contributed by atoms with Gasteiger partial charge in [0.25, 0.3) is 0 Å². The molecule has 1 aliphatic rings. The lowest BCUT2D eigenvalue weighted by Gasteiger charge is -2.33. The average Bonchev–Trinajstić information content (AvgIpc) is 3.09. The van der Waals surface area contributed by atoms with Crippen LogP contribution in [0.4, 0.5) is 4.79 Å². The van der Waals surface area contributed by atoms with Crippen molar-refractivity contribution in [3.8, 4) is 23.7 Å². The lowest BCUT2D eigenvalue weighted by atomic mass is 10.1. The molecule has 0 atom stereocenters. The predicted molar refractivity (Wildman–Crippen MR) is 93.6 cm³/mol. The lowest BCUT2D eigenvalue weighted by molar-refractivity contribution is 0.127. The first-order chi connectivity index (χ1) is 12.2. The number of nitrogens with zero attached hydrogens (tertiary/aromatic N) is 4. The van der Waals surface area contributed by atoms with E-state index in [4.69, 9.17) is 10.9 Å². The monoisotopic (exact) mass is 339 g/mol. The van der Waals surface area contributed by atoms with Gasteiger partial charge in [-0.15, -0.1) is 6.42 Å². The fourth-order valence-corrected chi connectivity index (χ4v) is 2.68. The van der Waals surface area contributed by atoms with Gasteiger partial charge in [-0.2, -0.15) is 4.98 Å². The number of hydrogen-bond acceptors (Lipinski definition) is 5. The van der Waals surface area contributed by atoms with Gasteiger partial charge in [0.1, 0.15) is 0 Å². The third-order valence-corrected chi connectivity index (χ3v) is 4.14. The van der Waals surface area contributed by atoms with Crippen LogP contribution in [0.5, 0.6) is 0 Å². The van der Waals surface area contributed by atoms with Crippen LogP contribution in [0.15, 0.2) is 28.8 Å². The molecule has 7 nitrogen and oxygen atoms in total. The first-order valence-corrected chi connectivity index (χ1v) is 8.24. The number of urea groups is 1. The summed E-state index contributed by atoms with van der Waals surface area (Å²) in [6.45, 7) is 5.68. The van der Waals surface area contributed by atoms with Crippen molar-refractivity contribution < 1.29 is 9.32 Å². The Balaban J connectivity index is 1.52. The molecule has 2 aromatic rings. The number of carbonyl (C=O) groups is 1. The van der Waals surface area contributed by atoms with Gasteiger partial charge in [-0.25, -0.2) is 4.79 Å². The standard InChI is InChI=1S/C18H21N5O2/c1-3-8-19-18(24)23-11-9-22(10-12-23)13-16-20-17(21-25-16)15-6-4-14(2)5-7-15/h1,4-7H,8-13H2,2H3,(H,19,24). The van der Waals surface area contributed by atoms with Crippen molar-refractivity contribution in [2.24, 2.45) is 0 Å². The number of terminal acetylenes is 1. The first kappa shape index (κ1) is 17.0. The Hall–Kier alpha value is -2.85. The maximum absolute atomic E-state index is 11.9. The summed E-state index contributed by atoms with van der Waals surface area (Å²) in [4.78, 5) is 20.3. The zero-order chi connectivity index (χ0) is 17.6. The van der Waals surface area contributed by atoms with Gasteiger partial charge in [-0.1, -0.05) is 40.9 Å². The van der Waals surface area contributed by atoms with Crippen LogP contribution in [0.25, 0.3) is 11.4 Å². The van der Waals surface area contributed by atoms with Crippen LogP contribution in [0.1, 0.15) is 11.5 Å². The Bertz CT molecular complexity index is 755. The summed E-state index contributed by atoms with van der Waals surface area (Å²) in [5.41, 5.74) is 2.13. The van der Waals surface area contributed by atoms with E-state index in [2.05, 4.69) is 26.3 Å². The molecule has 130 valence electrons. The minimum atomic E-state index is -0.114. The number of aromatic nitrogens is 2. The number of aryl methyl sites for hydroxylation is 1. The van der Waals surface area contributed by atoms with E-state index in [0.29, 0.717) is 31.3 Å². The molecule has 0 bridgehead atoms. The summed E-state index contributed by atoms with van der Waals surface area (Å²) in [6, 6.07) is 7.90. The fourth-order valence-electron chi connectivity index (χ4n) is 2.68. The van der Waals surface area contributed by atoms with E-state index < -0.39 is 0 Å². The van der Waals surface area contributed by atoms with Crippen LogP contribution in [-0.2, 0) is 6.54 Å². The number of benzene rings is 1. The third-order valence-electron chi connectivity index (χ3n) is 4.14. The minimum Gasteiger partial charge on any atom is -0.338 e. The van der Waals surface area contributed by atoms with Crippen molar-refractivity contribution in [2.45, 2.75) is 13.5 Å². The summed E-state index contributed by atoms with van der Waals surface area (Å²) in [6.07, 6.45) is 5.15. The fraction of sp³-hybridized carbons (Fsp3) is 0.389. The van der Waals surface area contributed by atoms with Crippen LogP contribution >= 0.6 is 0 Å². The highest BCUT2D eigenvalue weighted by Crippen LogP contribution is 2.17. The molecule has 1 N–H and O–H groups in total. The van der Waals surface area contributed by atoms with Gasteiger partial charge in [0.2, 0.25) is 11.7 Å². The van der Waals surface area contributed by atoms with E-state index in [0.717, 1.165) is 18.7 Å². The largest absolute Gasteiger partial charge is 0.338 e. The second kappa shape index (κ2) is 7.81. The van der Waals surface area contributed by atoms with Crippen LogP contribution < -0.4 is 5.32 Å². The Morgan fingerprint density at radius 2 is 2.00 bits per heavy atom. The van der Waals surface area contributed by atoms with E-state index in [1.807, 2.05) is 31.2 Å². The topological polar surface area (TPSA) is 74.5 Å². The third kappa shape index (κ3) is 4.37. The maximum atomic E-state index is 11.9. The summed E-state index contributed by atoms with van der Waals surface area (Å²) in [5.74, 6) is 3.58. The van der Waals surface area contributed by atoms with E-state index >= 15 is 0 Å². The molecular weight excluding hydrogens is 318 g/mol. The number of hydrogen-bond donors (Lipinski definition) is 1. The molecule has 0 spiro atoms. The molecular formula is C18H21N5O2. The molecule has 1 aromatic carbocycles. The van der Waals surface area contributed by atoms with Gasteiger partial charge in [-0.05, 0) is 6.92 Å². The smallest absolute Gasteiger partial charge is 0.318 e.